The summed E-state index contributed by atoms with van der Waals surface area (Å²) in [5.74, 6) is -1.15. The Morgan fingerprint density at radius 3 is 2.17 bits per heavy atom. The van der Waals surface area contributed by atoms with Gasteiger partial charge in [-0.15, -0.1) is 0 Å². The zero-order chi connectivity index (χ0) is 17.7. The van der Waals surface area contributed by atoms with E-state index in [4.69, 9.17) is 9.88 Å². The third kappa shape index (κ3) is 5.28. The summed E-state index contributed by atoms with van der Waals surface area (Å²) in [6.45, 7) is -0.457. The Hall–Kier alpha value is -1.98. The zero-order valence-electron chi connectivity index (χ0n) is 12.2. The van der Waals surface area contributed by atoms with Crippen LogP contribution in [0.4, 0.5) is 5.69 Å². The summed E-state index contributed by atoms with van der Waals surface area (Å²) < 4.78 is 28.2. The summed E-state index contributed by atoms with van der Waals surface area (Å²) in [5.41, 5.74) is 0.707. The van der Waals surface area contributed by atoms with E-state index in [0.717, 1.165) is 3.57 Å². The molecule has 1 amide bonds. The van der Waals surface area contributed by atoms with Crippen LogP contribution in [0.25, 0.3) is 0 Å². The van der Waals surface area contributed by atoms with E-state index in [1.165, 1.54) is 24.3 Å². The molecule has 0 fully saturated rings. The number of hydrogen-bond donors (Lipinski definition) is 2. The average molecular weight is 460 g/mol. The Bertz CT molecular complexity index is 848. The molecule has 0 bridgehead atoms. The minimum atomic E-state index is -3.79. The van der Waals surface area contributed by atoms with Crippen molar-refractivity contribution in [2.45, 2.75) is 4.90 Å². The number of halogens is 1. The van der Waals surface area contributed by atoms with Crippen molar-refractivity contribution in [1.29, 1.82) is 0 Å². The molecule has 0 aliphatic heterocycles. The summed E-state index contributed by atoms with van der Waals surface area (Å²) in [6.07, 6.45) is 0. The lowest BCUT2D eigenvalue weighted by Gasteiger charge is -2.07. The SMILES string of the molecule is NS(=O)(=O)c1ccc(NC(=O)COC(=O)c2ccc(I)cc2)cc1. The first-order valence-corrected chi connectivity index (χ1v) is 9.23. The molecular formula is C15H13IN2O5S. The van der Waals surface area contributed by atoms with Gasteiger partial charge in [-0.25, -0.2) is 18.4 Å². The first kappa shape index (κ1) is 18.4. The van der Waals surface area contributed by atoms with Gasteiger partial charge in [0.2, 0.25) is 10.0 Å². The van der Waals surface area contributed by atoms with Crippen molar-refractivity contribution in [3.63, 3.8) is 0 Å². The van der Waals surface area contributed by atoms with E-state index in [1.807, 2.05) is 0 Å². The van der Waals surface area contributed by atoms with E-state index in [-0.39, 0.29) is 4.90 Å². The van der Waals surface area contributed by atoms with Crippen LogP contribution >= 0.6 is 22.6 Å². The van der Waals surface area contributed by atoms with E-state index >= 15 is 0 Å². The van der Waals surface area contributed by atoms with E-state index in [0.29, 0.717) is 11.3 Å². The number of amides is 1. The molecule has 126 valence electrons. The van der Waals surface area contributed by atoms with Crippen LogP contribution < -0.4 is 10.5 Å². The number of primary sulfonamides is 1. The van der Waals surface area contributed by atoms with E-state index in [1.54, 1.807) is 24.3 Å². The molecule has 2 aromatic carbocycles. The number of nitrogens with two attached hydrogens (primary N) is 1. The Labute approximate surface area is 152 Å². The highest BCUT2D eigenvalue weighted by molar-refractivity contribution is 14.1. The molecule has 24 heavy (non-hydrogen) atoms. The van der Waals surface area contributed by atoms with Crippen molar-refractivity contribution in [1.82, 2.24) is 0 Å². The molecule has 0 atom stereocenters. The first-order valence-electron chi connectivity index (χ1n) is 6.61. The molecule has 3 N–H and O–H groups in total. The number of benzene rings is 2. The second-order valence-corrected chi connectivity index (χ2v) is 7.51. The largest absolute Gasteiger partial charge is 0.452 e. The molecule has 0 heterocycles. The maximum Gasteiger partial charge on any atom is 0.338 e. The lowest BCUT2D eigenvalue weighted by molar-refractivity contribution is -0.119. The summed E-state index contributed by atoms with van der Waals surface area (Å²) in [4.78, 5) is 23.5. The van der Waals surface area contributed by atoms with E-state index in [9.17, 15) is 18.0 Å². The van der Waals surface area contributed by atoms with Crippen molar-refractivity contribution in [2.24, 2.45) is 5.14 Å². The van der Waals surface area contributed by atoms with Gasteiger partial charge in [-0.05, 0) is 71.1 Å². The molecule has 2 aromatic rings. The van der Waals surface area contributed by atoms with Crippen LogP contribution in [0.1, 0.15) is 10.4 Å². The van der Waals surface area contributed by atoms with Gasteiger partial charge in [0.05, 0.1) is 10.5 Å². The normalized spacial score (nSPS) is 10.9. The molecule has 0 aromatic heterocycles. The molecule has 0 aliphatic carbocycles. The molecule has 9 heteroatoms. The average Bonchev–Trinajstić information content (AvgIpc) is 2.53. The van der Waals surface area contributed by atoms with Gasteiger partial charge >= 0.3 is 5.97 Å². The van der Waals surface area contributed by atoms with Gasteiger partial charge in [-0.1, -0.05) is 0 Å². The van der Waals surface area contributed by atoms with E-state index in [2.05, 4.69) is 27.9 Å². The van der Waals surface area contributed by atoms with Crippen LogP contribution in [0.5, 0.6) is 0 Å². The number of carbonyl (C=O) groups excluding carboxylic acids is 2. The van der Waals surface area contributed by atoms with Gasteiger partial charge in [0.25, 0.3) is 5.91 Å². The van der Waals surface area contributed by atoms with Crippen LogP contribution in [0.3, 0.4) is 0 Å². The topological polar surface area (TPSA) is 116 Å². The van der Waals surface area contributed by atoms with Crippen molar-refractivity contribution in [3.05, 3.63) is 57.7 Å². The van der Waals surface area contributed by atoms with Gasteiger partial charge in [-0.2, -0.15) is 0 Å². The van der Waals surface area contributed by atoms with Crippen LogP contribution in [0.2, 0.25) is 0 Å². The van der Waals surface area contributed by atoms with Crippen molar-refractivity contribution in [2.75, 3.05) is 11.9 Å². The predicted octanol–water partition coefficient (Wildman–Crippen LogP) is 1.73. The Kier molecular flexibility index (Phi) is 5.91. The highest BCUT2D eigenvalue weighted by Crippen LogP contribution is 2.13. The molecule has 7 nitrogen and oxygen atoms in total. The number of esters is 1. The fourth-order valence-corrected chi connectivity index (χ4v) is 2.60. The standard InChI is InChI=1S/C15H13IN2O5S/c16-11-3-1-10(2-4-11)15(20)23-9-14(19)18-12-5-7-13(8-6-12)24(17,21)22/h1-8H,9H2,(H,18,19)(H2,17,21,22). The highest BCUT2D eigenvalue weighted by Gasteiger charge is 2.11. The van der Waals surface area contributed by atoms with Gasteiger partial charge in [-0.3, -0.25) is 4.79 Å². The van der Waals surface area contributed by atoms with Crippen LogP contribution in [0.15, 0.2) is 53.4 Å². The van der Waals surface area contributed by atoms with Crippen LogP contribution in [0, 0.1) is 3.57 Å². The number of nitrogens with one attached hydrogen (secondary N) is 1. The van der Waals surface area contributed by atoms with Crippen molar-refractivity contribution >= 4 is 50.2 Å². The molecule has 0 saturated carbocycles. The van der Waals surface area contributed by atoms with Crippen molar-refractivity contribution in [3.8, 4) is 0 Å². The molecule has 0 unspecified atom stereocenters. The Morgan fingerprint density at radius 2 is 1.62 bits per heavy atom. The maximum atomic E-state index is 11.8. The summed E-state index contributed by atoms with van der Waals surface area (Å²) >= 11 is 2.11. The molecule has 0 aliphatic rings. The lowest BCUT2D eigenvalue weighted by atomic mass is 10.2. The summed E-state index contributed by atoms with van der Waals surface area (Å²) in [6, 6.07) is 12.0. The van der Waals surface area contributed by atoms with Crippen LogP contribution in [-0.4, -0.2) is 26.9 Å². The van der Waals surface area contributed by atoms with Crippen molar-refractivity contribution < 1.29 is 22.7 Å². The third-order valence-electron chi connectivity index (χ3n) is 2.88. The number of sulfonamides is 1. The first-order chi connectivity index (χ1) is 11.3. The third-order valence-corrected chi connectivity index (χ3v) is 4.53. The Balaban J connectivity index is 1.89. The van der Waals surface area contributed by atoms with Gasteiger partial charge < -0.3 is 10.1 Å². The number of ether oxygens (including phenoxy) is 1. The predicted molar refractivity (Wildman–Crippen MR) is 95.9 cm³/mol. The minimum Gasteiger partial charge on any atom is -0.452 e. The lowest BCUT2D eigenvalue weighted by Crippen LogP contribution is -2.21. The molecule has 0 radical (unpaired) electrons. The van der Waals surface area contributed by atoms with Crippen LogP contribution in [-0.2, 0) is 19.6 Å². The monoisotopic (exact) mass is 460 g/mol. The highest BCUT2D eigenvalue weighted by atomic mass is 127. The second-order valence-electron chi connectivity index (χ2n) is 4.70. The van der Waals surface area contributed by atoms with Gasteiger partial charge in [0.15, 0.2) is 6.61 Å². The quantitative estimate of drug-likeness (QED) is 0.521. The Morgan fingerprint density at radius 1 is 1.04 bits per heavy atom. The van der Waals surface area contributed by atoms with E-state index < -0.39 is 28.5 Å². The molecular weight excluding hydrogens is 447 g/mol. The fourth-order valence-electron chi connectivity index (χ4n) is 1.73. The second kappa shape index (κ2) is 7.73. The smallest absolute Gasteiger partial charge is 0.338 e. The summed E-state index contributed by atoms with van der Waals surface area (Å²) in [5, 5.41) is 7.46. The number of anilines is 1. The van der Waals surface area contributed by atoms with Gasteiger partial charge in [0.1, 0.15) is 0 Å². The molecule has 0 saturated heterocycles. The number of carbonyl (C=O) groups is 2. The number of rotatable bonds is 5. The minimum absolute atomic E-state index is 0.0642. The summed E-state index contributed by atoms with van der Waals surface area (Å²) in [7, 11) is -3.79. The maximum absolute atomic E-state index is 11.8. The van der Waals surface area contributed by atoms with Gasteiger partial charge in [0, 0.05) is 9.26 Å². The fraction of sp³-hybridized carbons (Fsp3) is 0.0667. The molecule has 0 spiro atoms. The number of hydrogen-bond acceptors (Lipinski definition) is 5. The molecule has 2 rings (SSSR count). The zero-order valence-corrected chi connectivity index (χ0v) is 15.2.